The highest BCUT2D eigenvalue weighted by atomic mass is 32.1. The molecule has 8 heteroatoms. The van der Waals surface area contributed by atoms with Crippen molar-refractivity contribution in [3.05, 3.63) is 29.1 Å². The number of halogens is 5. The van der Waals surface area contributed by atoms with E-state index < -0.39 is 40.7 Å². The van der Waals surface area contributed by atoms with Gasteiger partial charge >= 0.3 is 0 Å². The van der Waals surface area contributed by atoms with Crippen LogP contribution in [0.25, 0.3) is 0 Å². The average molecular weight is 312 g/mol. The second kappa shape index (κ2) is 6.34. The molecule has 0 bridgehead atoms. The van der Waals surface area contributed by atoms with E-state index in [4.69, 9.17) is 18.0 Å². The minimum Gasteiger partial charge on any atom is -0.393 e. The Balaban J connectivity index is 3.32. The van der Waals surface area contributed by atoms with E-state index in [1.807, 2.05) is 0 Å². The molecule has 0 spiro atoms. The maximum atomic E-state index is 13.7. The van der Waals surface area contributed by atoms with Gasteiger partial charge < -0.3 is 10.6 Å². The summed E-state index contributed by atoms with van der Waals surface area (Å²) in [5.74, 6) is -10.3. The van der Waals surface area contributed by atoms with Gasteiger partial charge in [-0.25, -0.2) is 22.0 Å². The smallest absolute Gasteiger partial charge is 0.200 e. The quantitative estimate of drug-likeness (QED) is 0.392. The number of nitrogens with zero attached hydrogens (tertiary/aromatic N) is 1. The molecule has 0 radical (unpaired) electrons. The minimum absolute atomic E-state index is 0.0330. The Morgan fingerprint density at radius 2 is 1.45 bits per heavy atom. The molecule has 0 aliphatic rings. The topological polar surface area (TPSA) is 29.3 Å². The summed E-state index contributed by atoms with van der Waals surface area (Å²) in [7, 11) is 0. The molecule has 1 unspecified atom stereocenters. The van der Waals surface area contributed by atoms with E-state index in [0.29, 0.717) is 0 Å². The first-order chi connectivity index (χ1) is 9.22. The largest absolute Gasteiger partial charge is 0.393 e. The summed E-state index contributed by atoms with van der Waals surface area (Å²) in [6.07, 6.45) is 0. The van der Waals surface area contributed by atoms with Gasteiger partial charge in [0.05, 0.1) is 4.99 Å². The summed E-state index contributed by atoms with van der Waals surface area (Å²) in [4.78, 5) is 1.10. The summed E-state index contributed by atoms with van der Waals surface area (Å²) in [5, 5.41) is 0. The Labute approximate surface area is 118 Å². The first-order valence-electron chi connectivity index (χ1n) is 5.78. The highest BCUT2D eigenvalue weighted by Gasteiger charge is 2.29. The van der Waals surface area contributed by atoms with E-state index in [1.165, 1.54) is 6.92 Å². The molecule has 1 rings (SSSR count). The lowest BCUT2D eigenvalue weighted by Crippen LogP contribution is -2.35. The molecule has 20 heavy (non-hydrogen) atoms. The molecule has 2 nitrogen and oxygen atoms in total. The fourth-order valence-corrected chi connectivity index (χ4v) is 1.74. The fourth-order valence-electron chi connectivity index (χ4n) is 1.67. The number of benzene rings is 1. The van der Waals surface area contributed by atoms with Gasteiger partial charge in [-0.1, -0.05) is 19.1 Å². The standard InChI is InChI=1S/C12H13F5N2S/c1-3-19(4-5(2)12(18)20)11-9(16)7(14)6(13)8(15)10(11)17/h5H,3-4H2,1-2H3,(H2,18,20). The Morgan fingerprint density at radius 3 is 1.80 bits per heavy atom. The zero-order valence-electron chi connectivity index (χ0n) is 10.8. The predicted octanol–water partition coefficient (Wildman–Crippen LogP) is 3.13. The van der Waals surface area contributed by atoms with Crippen molar-refractivity contribution in [2.45, 2.75) is 13.8 Å². The van der Waals surface area contributed by atoms with Crippen molar-refractivity contribution in [1.29, 1.82) is 0 Å². The fraction of sp³-hybridized carbons (Fsp3) is 0.417. The van der Waals surface area contributed by atoms with E-state index in [2.05, 4.69) is 0 Å². The van der Waals surface area contributed by atoms with Crippen LogP contribution in [0.2, 0.25) is 0 Å². The molecule has 0 amide bonds. The van der Waals surface area contributed by atoms with Crippen molar-refractivity contribution >= 4 is 22.9 Å². The number of rotatable bonds is 5. The summed E-state index contributed by atoms with van der Waals surface area (Å²) >= 11 is 4.73. The monoisotopic (exact) mass is 312 g/mol. The number of nitrogens with two attached hydrogens (primary N) is 1. The third kappa shape index (κ3) is 3.00. The lowest BCUT2D eigenvalue weighted by molar-refractivity contribution is 0.377. The van der Waals surface area contributed by atoms with E-state index in [1.54, 1.807) is 6.92 Å². The average Bonchev–Trinajstić information content (AvgIpc) is 2.41. The second-order valence-corrected chi connectivity index (χ2v) is 4.73. The van der Waals surface area contributed by atoms with Crippen molar-refractivity contribution < 1.29 is 22.0 Å². The highest BCUT2D eigenvalue weighted by molar-refractivity contribution is 7.80. The van der Waals surface area contributed by atoms with Crippen LogP contribution in [0.15, 0.2) is 0 Å². The van der Waals surface area contributed by atoms with Crippen molar-refractivity contribution in [1.82, 2.24) is 0 Å². The minimum atomic E-state index is -2.18. The number of hydrogen-bond acceptors (Lipinski definition) is 2. The first-order valence-corrected chi connectivity index (χ1v) is 6.18. The molecular weight excluding hydrogens is 299 g/mol. The van der Waals surface area contributed by atoms with Crippen LogP contribution in [-0.2, 0) is 0 Å². The lowest BCUT2D eigenvalue weighted by Gasteiger charge is -2.27. The zero-order valence-corrected chi connectivity index (χ0v) is 11.6. The number of thiocarbonyl (C=S) groups is 1. The van der Waals surface area contributed by atoms with Crippen molar-refractivity contribution in [3.63, 3.8) is 0 Å². The normalized spacial score (nSPS) is 12.3. The van der Waals surface area contributed by atoms with Gasteiger partial charge in [-0.2, -0.15) is 0 Å². The van der Waals surface area contributed by atoms with Gasteiger partial charge in [0.25, 0.3) is 0 Å². The van der Waals surface area contributed by atoms with Crippen LogP contribution in [0.5, 0.6) is 0 Å². The molecule has 0 aliphatic heterocycles. The molecule has 0 fully saturated rings. The molecule has 0 saturated carbocycles. The summed E-state index contributed by atoms with van der Waals surface area (Å²) < 4.78 is 66.6. The van der Waals surface area contributed by atoms with Gasteiger partial charge in [-0.15, -0.1) is 0 Å². The summed E-state index contributed by atoms with van der Waals surface area (Å²) in [5.41, 5.74) is 4.42. The molecule has 0 saturated heterocycles. The van der Waals surface area contributed by atoms with E-state index in [0.717, 1.165) is 4.90 Å². The summed E-state index contributed by atoms with van der Waals surface area (Å²) in [6.45, 7) is 3.09. The molecule has 1 aromatic rings. The molecule has 0 heterocycles. The van der Waals surface area contributed by atoms with Crippen LogP contribution in [0.4, 0.5) is 27.6 Å². The number of hydrogen-bond donors (Lipinski definition) is 1. The lowest BCUT2D eigenvalue weighted by atomic mass is 10.1. The summed E-state index contributed by atoms with van der Waals surface area (Å²) in [6, 6.07) is 0. The second-order valence-electron chi connectivity index (χ2n) is 4.26. The van der Waals surface area contributed by atoms with Crippen LogP contribution in [0.3, 0.4) is 0 Å². The van der Waals surface area contributed by atoms with Gasteiger partial charge in [-0.05, 0) is 6.92 Å². The molecule has 1 aromatic carbocycles. The van der Waals surface area contributed by atoms with Crippen LogP contribution in [-0.4, -0.2) is 18.1 Å². The molecule has 0 aliphatic carbocycles. The first kappa shape index (κ1) is 16.6. The van der Waals surface area contributed by atoms with E-state index in [-0.39, 0.29) is 18.1 Å². The van der Waals surface area contributed by atoms with Gasteiger partial charge in [0.2, 0.25) is 5.82 Å². The van der Waals surface area contributed by atoms with Gasteiger partial charge in [0.15, 0.2) is 23.3 Å². The van der Waals surface area contributed by atoms with Crippen LogP contribution < -0.4 is 10.6 Å². The Kier molecular flexibility index (Phi) is 5.27. The molecule has 2 N–H and O–H groups in total. The van der Waals surface area contributed by atoms with Crippen molar-refractivity contribution in [2.75, 3.05) is 18.0 Å². The third-order valence-corrected chi connectivity index (χ3v) is 3.27. The van der Waals surface area contributed by atoms with Gasteiger partial charge in [-0.3, -0.25) is 0 Å². The molecule has 1 atom stereocenters. The third-order valence-electron chi connectivity index (χ3n) is 2.86. The van der Waals surface area contributed by atoms with Gasteiger partial charge in [0, 0.05) is 19.0 Å². The van der Waals surface area contributed by atoms with Crippen molar-refractivity contribution in [3.8, 4) is 0 Å². The van der Waals surface area contributed by atoms with Crippen LogP contribution >= 0.6 is 12.2 Å². The van der Waals surface area contributed by atoms with E-state index >= 15 is 0 Å². The highest BCUT2D eigenvalue weighted by Crippen LogP contribution is 2.30. The van der Waals surface area contributed by atoms with Crippen LogP contribution in [0, 0.1) is 35.0 Å². The van der Waals surface area contributed by atoms with Crippen LogP contribution in [0.1, 0.15) is 13.8 Å². The maximum absolute atomic E-state index is 13.7. The Morgan fingerprint density at radius 1 is 1.05 bits per heavy atom. The molecule has 0 aromatic heterocycles. The Hall–Kier alpha value is -1.44. The maximum Gasteiger partial charge on any atom is 0.200 e. The van der Waals surface area contributed by atoms with Gasteiger partial charge in [0.1, 0.15) is 5.69 Å². The zero-order chi connectivity index (χ0) is 15.6. The predicted molar refractivity (Wildman–Crippen MR) is 70.1 cm³/mol. The molecule has 112 valence electrons. The number of anilines is 1. The van der Waals surface area contributed by atoms with Crippen molar-refractivity contribution in [2.24, 2.45) is 11.7 Å². The SMILES string of the molecule is CCN(CC(C)C(N)=S)c1c(F)c(F)c(F)c(F)c1F. The van der Waals surface area contributed by atoms with E-state index in [9.17, 15) is 22.0 Å². The molecular formula is C12H13F5N2S. The Bertz CT molecular complexity index is 506.